The molecule has 1 aromatic rings. The van der Waals surface area contributed by atoms with Crippen LogP contribution in [0.4, 0.5) is 5.69 Å². The van der Waals surface area contributed by atoms with Gasteiger partial charge in [-0.15, -0.1) is 0 Å². The highest BCUT2D eigenvalue weighted by Gasteiger charge is 2.33. The number of fused-ring (bicyclic) bond motifs is 1. The molecule has 3 rings (SSSR count). The van der Waals surface area contributed by atoms with E-state index in [1.54, 1.807) is 11.0 Å². The molecule has 5 heteroatoms. The highest BCUT2D eigenvalue weighted by molar-refractivity contribution is 5.98. The smallest absolute Gasteiger partial charge is 0.265 e. The zero-order valence-electron chi connectivity index (χ0n) is 10.6. The molecule has 1 aliphatic heterocycles. The zero-order valence-corrected chi connectivity index (χ0v) is 10.6. The van der Waals surface area contributed by atoms with Gasteiger partial charge in [0.1, 0.15) is 11.8 Å². The van der Waals surface area contributed by atoms with Gasteiger partial charge in [-0.3, -0.25) is 4.79 Å². The van der Waals surface area contributed by atoms with E-state index in [2.05, 4.69) is 11.1 Å². The van der Waals surface area contributed by atoms with E-state index in [9.17, 15) is 4.79 Å². The fraction of sp³-hybridized carbons (Fsp3) is 0.500. The minimum absolute atomic E-state index is 0.0312. The summed E-state index contributed by atoms with van der Waals surface area (Å²) in [6.45, 7) is 0.0440. The lowest BCUT2D eigenvalue weighted by atomic mass is 9.93. The van der Waals surface area contributed by atoms with Crippen LogP contribution in [0.3, 0.4) is 0 Å². The molecule has 1 aliphatic carbocycles. The average Bonchev–Trinajstić information content (AvgIpc) is 2.47. The molecule has 0 aromatic carbocycles. The Labute approximate surface area is 111 Å². The summed E-state index contributed by atoms with van der Waals surface area (Å²) in [7, 11) is 0. The van der Waals surface area contributed by atoms with Crippen LogP contribution in [0.1, 0.15) is 37.7 Å². The highest BCUT2D eigenvalue weighted by atomic mass is 16.5. The second-order valence-corrected chi connectivity index (χ2v) is 5.00. The maximum Gasteiger partial charge on any atom is 0.265 e. The quantitative estimate of drug-likeness (QED) is 0.772. The molecule has 0 saturated heterocycles. The molecule has 19 heavy (non-hydrogen) atoms. The predicted molar refractivity (Wildman–Crippen MR) is 68.8 cm³/mol. The number of hydrogen-bond donors (Lipinski definition) is 0. The molecule has 5 nitrogen and oxygen atoms in total. The fourth-order valence-electron chi connectivity index (χ4n) is 2.86. The second-order valence-electron chi connectivity index (χ2n) is 5.00. The minimum Gasteiger partial charge on any atom is -0.466 e. The van der Waals surface area contributed by atoms with Crippen LogP contribution in [-0.2, 0) is 4.79 Å². The molecule has 1 fully saturated rings. The van der Waals surface area contributed by atoms with E-state index in [4.69, 9.17) is 10.00 Å². The molecular formula is C14H15N3O2. The molecule has 2 heterocycles. The van der Waals surface area contributed by atoms with Crippen LogP contribution in [0.25, 0.3) is 0 Å². The molecule has 2 aliphatic rings. The molecule has 1 saturated carbocycles. The highest BCUT2D eigenvalue weighted by Crippen LogP contribution is 2.35. The van der Waals surface area contributed by atoms with E-state index in [0.717, 1.165) is 25.7 Å². The van der Waals surface area contributed by atoms with Crippen LogP contribution in [0.5, 0.6) is 5.88 Å². The first kappa shape index (κ1) is 12.0. The van der Waals surface area contributed by atoms with Gasteiger partial charge in [0.15, 0.2) is 6.61 Å². The fourth-order valence-corrected chi connectivity index (χ4v) is 2.86. The summed E-state index contributed by atoms with van der Waals surface area (Å²) < 4.78 is 5.34. The Balaban J connectivity index is 1.99. The Hall–Kier alpha value is -2.09. The van der Waals surface area contributed by atoms with Gasteiger partial charge in [0, 0.05) is 12.2 Å². The number of rotatable bonds is 1. The van der Waals surface area contributed by atoms with Gasteiger partial charge < -0.3 is 9.64 Å². The van der Waals surface area contributed by atoms with Crippen molar-refractivity contribution in [2.24, 2.45) is 0 Å². The number of carbonyl (C=O) groups excluding carboxylic acids is 1. The number of nitrogens with zero attached hydrogens (tertiary/aromatic N) is 3. The maximum atomic E-state index is 12.1. The summed E-state index contributed by atoms with van der Waals surface area (Å²) in [6, 6.07) is 3.98. The number of nitriles is 1. The minimum atomic E-state index is -0.0312. The summed E-state index contributed by atoms with van der Waals surface area (Å²) >= 11 is 0. The van der Waals surface area contributed by atoms with E-state index in [-0.39, 0.29) is 18.6 Å². The van der Waals surface area contributed by atoms with Gasteiger partial charge in [-0.05, 0) is 18.9 Å². The molecule has 0 spiro atoms. The van der Waals surface area contributed by atoms with Crippen molar-refractivity contribution in [2.75, 3.05) is 11.5 Å². The third-order valence-corrected chi connectivity index (χ3v) is 3.76. The molecule has 98 valence electrons. The first-order valence-electron chi connectivity index (χ1n) is 6.64. The summed E-state index contributed by atoms with van der Waals surface area (Å²) in [5.41, 5.74) is 1.11. The van der Waals surface area contributed by atoms with Crippen LogP contribution in [-0.4, -0.2) is 23.5 Å². The molecule has 0 bridgehead atoms. The molecule has 0 radical (unpaired) electrons. The number of aromatic nitrogens is 1. The van der Waals surface area contributed by atoms with Crippen LogP contribution >= 0.6 is 0 Å². The van der Waals surface area contributed by atoms with Crippen LogP contribution in [0.2, 0.25) is 0 Å². The number of anilines is 1. The van der Waals surface area contributed by atoms with Crippen LogP contribution in [0.15, 0.2) is 12.3 Å². The summed E-state index contributed by atoms with van der Waals surface area (Å²) in [5.74, 6) is 0.431. The monoisotopic (exact) mass is 257 g/mol. The van der Waals surface area contributed by atoms with E-state index >= 15 is 0 Å². The normalized spacial score (nSPS) is 19.5. The predicted octanol–water partition coefficient (Wildman–Crippen LogP) is 2.01. The molecular weight excluding hydrogens is 242 g/mol. The topological polar surface area (TPSA) is 66.2 Å². The number of carbonyl (C=O) groups is 1. The van der Waals surface area contributed by atoms with Crippen molar-refractivity contribution in [1.82, 2.24) is 4.98 Å². The van der Waals surface area contributed by atoms with Crippen molar-refractivity contribution >= 4 is 11.6 Å². The third kappa shape index (κ3) is 2.14. The molecule has 1 amide bonds. The van der Waals surface area contributed by atoms with Gasteiger partial charge >= 0.3 is 0 Å². The maximum absolute atomic E-state index is 12.1. The Morgan fingerprint density at radius 1 is 1.37 bits per heavy atom. The zero-order chi connectivity index (χ0) is 13.2. The van der Waals surface area contributed by atoms with Crippen molar-refractivity contribution in [3.05, 3.63) is 17.8 Å². The van der Waals surface area contributed by atoms with Crippen molar-refractivity contribution in [3.63, 3.8) is 0 Å². The van der Waals surface area contributed by atoms with E-state index in [0.29, 0.717) is 17.1 Å². The molecule has 0 unspecified atom stereocenters. The lowest BCUT2D eigenvalue weighted by molar-refractivity contribution is -0.122. The van der Waals surface area contributed by atoms with Crippen LogP contribution in [0, 0.1) is 11.3 Å². The SMILES string of the molecule is N#Cc1cnc2c(c1)N(C1CCCCC1)C(=O)CO2. The first-order chi connectivity index (χ1) is 9.29. The lowest BCUT2D eigenvalue weighted by Crippen LogP contribution is -2.46. The summed E-state index contributed by atoms with van der Waals surface area (Å²) in [4.78, 5) is 18.1. The van der Waals surface area contributed by atoms with Crippen molar-refractivity contribution in [2.45, 2.75) is 38.1 Å². The number of hydrogen-bond acceptors (Lipinski definition) is 4. The number of amides is 1. The Morgan fingerprint density at radius 3 is 2.89 bits per heavy atom. The Bertz CT molecular complexity index is 544. The van der Waals surface area contributed by atoms with Gasteiger partial charge in [-0.25, -0.2) is 4.98 Å². The van der Waals surface area contributed by atoms with Gasteiger partial charge in [0.05, 0.1) is 5.56 Å². The van der Waals surface area contributed by atoms with Crippen molar-refractivity contribution in [3.8, 4) is 11.9 Å². The van der Waals surface area contributed by atoms with Gasteiger partial charge in [-0.1, -0.05) is 19.3 Å². The summed E-state index contributed by atoms with van der Waals surface area (Å²) in [5, 5.41) is 8.97. The number of ether oxygens (including phenoxy) is 1. The van der Waals surface area contributed by atoms with Crippen LogP contribution < -0.4 is 9.64 Å². The second kappa shape index (κ2) is 4.88. The van der Waals surface area contributed by atoms with Crippen molar-refractivity contribution < 1.29 is 9.53 Å². The molecule has 1 aromatic heterocycles. The standard InChI is InChI=1S/C14H15N3O2/c15-7-10-6-12-14(16-8-10)19-9-13(18)17(12)11-4-2-1-3-5-11/h6,8,11H,1-5,9H2. The summed E-state index contributed by atoms with van der Waals surface area (Å²) in [6.07, 6.45) is 7.04. The van der Waals surface area contributed by atoms with Crippen molar-refractivity contribution in [1.29, 1.82) is 5.26 Å². The van der Waals surface area contributed by atoms with Gasteiger partial charge in [-0.2, -0.15) is 5.26 Å². The third-order valence-electron chi connectivity index (χ3n) is 3.76. The molecule has 0 atom stereocenters. The number of pyridine rings is 1. The van der Waals surface area contributed by atoms with E-state index < -0.39 is 0 Å². The lowest BCUT2D eigenvalue weighted by Gasteiger charge is -2.37. The molecule has 0 N–H and O–H groups in total. The van der Waals surface area contributed by atoms with E-state index in [1.807, 2.05) is 0 Å². The largest absolute Gasteiger partial charge is 0.466 e. The van der Waals surface area contributed by atoms with E-state index in [1.165, 1.54) is 12.6 Å². The first-order valence-corrected chi connectivity index (χ1v) is 6.64. The average molecular weight is 257 g/mol. The van der Waals surface area contributed by atoms with Gasteiger partial charge in [0.2, 0.25) is 5.88 Å². The Kier molecular flexibility index (Phi) is 3.08. The Morgan fingerprint density at radius 2 is 2.16 bits per heavy atom. The van der Waals surface area contributed by atoms with Gasteiger partial charge in [0.25, 0.3) is 5.91 Å².